The van der Waals surface area contributed by atoms with Gasteiger partial charge < -0.3 is 4.90 Å². The molecule has 0 fully saturated rings. The minimum atomic E-state index is 1.07. The second kappa shape index (κ2) is 2.55. The molecule has 2 rings (SSSR count). The van der Waals surface area contributed by atoms with Gasteiger partial charge in [-0.2, -0.15) is 0 Å². The van der Waals surface area contributed by atoms with Gasteiger partial charge in [-0.25, -0.2) is 0 Å². The Hall–Kier alpha value is -1.44. The topological polar surface area (TPSA) is 17.3 Å². The summed E-state index contributed by atoms with van der Waals surface area (Å²) in [6, 6.07) is 0. The SMILES string of the molecule is CN(C)C1=C2C=CC=C2[N]C=C1. The number of rotatable bonds is 1. The van der Waals surface area contributed by atoms with Crippen LogP contribution in [-0.4, -0.2) is 19.0 Å². The van der Waals surface area contributed by atoms with Crippen molar-refractivity contribution in [1.29, 1.82) is 0 Å². The highest BCUT2D eigenvalue weighted by atomic mass is 15.1. The third kappa shape index (κ3) is 0.961. The van der Waals surface area contributed by atoms with E-state index in [0.29, 0.717) is 0 Å². The first-order valence-electron chi connectivity index (χ1n) is 3.97. The van der Waals surface area contributed by atoms with Crippen molar-refractivity contribution in [3.8, 4) is 0 Å². The van der Waals surface area contributed by atoms with Crippen LogP contribution in [0.2, 0.25) is 0 Å². The van der Waals surface area contributed by atoms with Crippen LogP contribution in [0, 0.1) is 0 Å². The number of fused-ring (bicyclic) bond motifs is 1. The molecule has 1 heterocycles. The zero-order valence-electron chi connectivity index (χ0n) is 7.28. The van der Waals surface area contributed by atoms with Crippen molar-refractivity contribution < 1.29 is 0 Å². The molecular formula is C10H11N2. The van der Waals surface area contributed by atoms with E-state index in [1.54, 1.807) is 0 Å². The molecule has 1 aliphatic carbocycles. The Morgan fingerprint density at radius 2 is 2.08 bits per heavy atom. The normalized spacial score (nSPS) is 19.0. The van der Waals surface area contributed by atoms with Crippen LogP contribution < -0.4 is 5.32 Å². The lowest BCUT2D eigenvalue weighted by molar-refractivity contribution is 0.523. The fourth-order valence-electron chi connectivity index (χ4n) is 1.41. The van der Waals surface area contributed by atoms with Crippen LogP contribution >= 0.6 is 0 Å². The summed E-state index contributed by atoms with van der Waals surface area (Å²) < 4.78 is 0. The van der Waals surface area contributed by atoms with Gasteiger partial charge in [-0.05, 0) is 12.2 Å². The average molecular weight is 159 g/mol. The molecule has 2 nitrogen and oxygen atoms in total. The standard InChI is InChI=1S/C10H11N2/c1-12(2)10-6-7-11-9-5-3-4-8(9)10/h3-7H,1-2H3. The molecule has 0 bridgehead atoms. The third-order valence-corrected chi connectivity index (χ3v) is 2.00. The Morgan fingerprint density at radius 1 is 1.25 bits per heavy atom. The molecule has 1 radical (unpaired) electrons. The molecule has 0 unspecified atom stereocenters. The molecule has 0 atom stereocenters. The molecule has 0 aromatic heterocycles. The maximum absolute atomic E-state index is 4.26. The number of hydrogen-bond donors (Lipinski definition) is 0. The third-order valence-electron chi connectivity index (χ3n) is 2.00. The molecule has 2 heteroatoms. The van der Waals surface area contributed by atoms with Crippen LogP contribution in [0.15, 0.2) is 47.5 Å². The summed E-state index contributed by atoms with van der Waals surface area (Å²) >= 11 is 0. The number of nitrogens with zero attached hydrogens (tertiary/aromatic N) is 2. The molecule has 0 saturated carbocycles. The second-order valence-corrected chi connectivity index (χ2v) is 3.05. The zero-order chi connectivity index (χ0) is 8.55. The highest BCUT2D eigenvalue weighted by Gasteiger charge is 2.15. The number of hydrogen-bond acceptors (Lipinski definition) is 1. The predicted octanol–water partition coefficient (Wildman–Crippen LogP) is 1.39. The van der Waals surface area contributed by atoms with Crippen molar-refractivity contribution >= 4 is 0 Å². The fraction of sp³-hybridized carbons (Fsp3) is 0.200. The Labute approximate surface area is 72.6 Å². The van der Waals surface area contributed by atoms with E-state index in [2.05, 4.69) is 16.3 Å². The van der Waals surface area contributed by atoms with E-state index in [-0.39, 0.29) is 0 Å². The van der Waals surface area contributed by atoms with Gasteiger partial charge >= 0.3 is 0 Å². The van der Waals surface area contributed by atoms with Crippen LogP contribution in [0.3, 0.4) is 0 Å². The monoisotopic (exact) mass is 159 g/mol. The predicted molar refractivity (Wildman–Crippen MR) is 49.2 cm³/mol. The lowest BCUT2D eigenvalue weighted by atomic mass is 10.1. The lowest BCUT2D eigenvalue weighted by Crippen LogP contribution is -2.16. The van der Waals surface area contributed by atoms with Crippen LogP contribution in [-0.2, 0) is 0 Å². The summed E-state index contributed by atoms with van der Waals surface area (Å²) in [5.41, 5.74) is 3.52. The summed E-state index contributed by atoms with van der Waals surface area (Å²) in [5.74, 6) is 0. The fourth-order valence-corrected chi connectivity index (χ4v) is 1.41. The number of allylic oxidation sites excluding steroid dienone is 4. The molecule has 0 amide bonds. The highest BCUT2D eigenvalue weighted by Crippen LogP contribution is 2.25. The molecule has 0 N–H and O–H groups in total. The minimum absolute atomic E-state index is 1.07. The van der Waals surface area contributed by atoms with E-state index in [1.807, 2.05) is 38.5 Å². The smallest absolute Gasteiger partial charge is 0.0722 e. The Kier molecular flexibility index (Phi) is 1.54. The van der Waals surface area contributed by atoms with Crippen LogP contribution in [0.4, 0.5) is 0 Å². The van der Waals surface area contributed by atoms with Crippen LogP contribution in [0.1, 0.15) is 0 Å². The molecule has 2 aliphatic rings. The van der Waals surface area contributed by atoms with Gasteiger partial charge in [-0.15, -0.1) is 0 Å². The van der Waals surface area contributed by atoms with Gasteiger partial charge in [0.2, 0.25) is 0 Å². The first-order valence-corrected chi connectivity index (χ1v) is 3.97. The Bertz CT molecular complexity index is 317. The van der Waals surface area contributed by atoms with Gasteiger partial charge in [-0.1, -0.05) is 12.2 Å². The molecule has 0 aromatic carbocycles. The molecule has 61 valence electrons. The van der Waals surface area contributed by atoms with E-state index < -0.39 is 0 Å². The van der Waals surface area contributed by atoms with E-state index in [4.69, 9.17) is 0 Å². The molecular weight excluding hydrogens is 148 g/mol. The summed E-state index contributed by atoms with van der Waals surface area (Å²) in [6.07, 6.45) is 10.0. The summed E-state index contributed by atoms with van der Waals surface area (Å²) in [4.78, 5) is 2.10. The van der Waals surface area contributed by atoms with Gasteiger partial charge in [-0.3, -0.25) is 5.32 Å². The van der Waals surface area contributed by atoms with Gasteiger partial charge in [0, 0.05) is 31.6 Å². The number of likely N-dealkylation sites (N-methyl/N-ethyl adjacent to an activating group) is 1. The quantitative estimate of drug-likeness (QED) is 0.565. The van der Waals surface area contributed by atoms with E-state index in [9.17, 15) is 0 Å². The lowest BCUT2D eigenvalue weighted by Gasteiger charge is -2.20. The largest absolute Gasteiger partial charge is 0.377 e. The van der Waals surface area contributed by atoms with Crippen LogP contribution in [0.5, 0.6) is 0 Å². The van der Waals surface area contributed by atoms with E-state index >= 15 is 0 Å². The summed E-state index contributed by atoms with van der Waals surface area (Å²) in [6.45, 7) is 0. The molecule has 0 saturated heterocycles. The maximum atomic E-state index is 4.26. The Balaban J connectivity index is 2.46. The van der Waals surface area contributed by atoms with Crippen LogP contribution in [0.25, 0.3) is 0 Å². The van der Waals surface area contributed by atoms with Crippen molar-refractivity contribution in [2.75, 3.05) is 14.1 Å². The van der Waals surface area contributed by atoms with Crippen molar-refractivity contribution in [3.63, 3.8) is 0 Å². The maximum Gasteiger partial charge on any atom is 0.0722 e. The van der Waals surface area contributed by atoms with E-state index in [0.717, 1.165) is 5.70 Å². The molecule has 12 heavy (non-hydrogen) atoms. The van der Waals surface area contributed by atoms with Crippen molar-refractivity contribution in [2.45, 2.75) is 0 Å². The Morgan fingerprint density at radius 3 is 2.83 bits per heavy atom. The highest BCUT2D eigenvalue weighted by molar-refractivity contribution is 5.54. The molecule has 0 spiro atoms. The molecule has 1 aliphatic heterocycles. The van der Waals surface area contributed by atoms with E-state index in [1.165, 1.54) is 11.3 Å². The first kappa shape index (κ1) is 7.22. The average Bonchev–Trinajstić information content (AvgIpc) is 2.49. The van der Waals surface area contributed by atoms with Gasteiger partial charge in [0.05, 0.1) is 5.70 Å². The zero-order valence-corrected chi connectivity index (χ0v) is 7.28. The molecule has 0 aromatic rings. The van der Waals surface area contributed by atoms with Crippen molar-refractivity contribution in [1.82, 2.24) is 10.2 Å². The van der Waals surface area contributed by atoms with Crippen molar-refractivity contribution in [2.24, 2.45) is 0 Å². The minimum Gasteiger partial charge on any atom is -0.377 e. The van der Waals surface area contributed by atoms with Crippen molar-refractivity contribution in [3.05, 3.63) is 47.5 Å². The van der Waals surface area contributed by atoms with Gasteiger partial charge in [0.25, 0.3) is 0 Å². The summed E-state index contributed by atoms with van der Waals surface area (Å²) in [7, 11) is 4.09. The van der Waals surface area contributed by atoms with Gasteiger partial charge in [0.15, 0.2) is 0 Å². The van der Waals surface area contributed by atoms with Gasteiger partial charge in [0.1, 0.15) is 0 Å². The first-order chi connectivity index (χ1) is 5.79. The summed E-state index contributed by atoms with van der Waals surface area (Å²) in [5, 5.41) is 4.26. The second-order valence-electron chi connectivity index (χ2n) is 3.05.